The molecule has 1 saturated heterocycles. The van der Waals surface area contributed by atoms with Crippen LogP contribution in [0.15, 0.2) is 4.99 Å². The van der Waals surface area contributed by atoms with Gasteiger partial charge in [-0.15, -0.1) is 0 Å². The average molecular weight is 225 g/mol. The number of carbonyl (C=O) groups excluding carboxylic acids is 4. The molecule has 0 radical (unpaired) electrons. The second-order valence-corrected chi connectivity index (χ2v) is 3.22. The van der Waals surface area contributed by atoms with Gasteiger partial charge in [0.2, 0.25) is 17.7 Å². The van der Waals surface area contributed by atoms with Crippen LogP contribution in [0.1, 0.15) is 25.7 Å². The fraction of sp³-hybridized carbons (Fsp3) is 0.444. The van der Waals surface area contributed by atoms with E-state index in [-0.39, 0.29) is 30.0 Å². The van der Waals surface area contributed by atoms with Crippen molar-refractivity contribution in [2.75, 3.05) is 0 Å². The minimum atomic E-state index is -0.381. The number of hydrogen-bond donors (Lipinski definition) is 2. The lowest BCUT2D eigenvalue weighted by molar-refractivity contribution is -0.133. The van der Waals surface area contributed by atoms with Crippen LogP contribution < -0.4 is 10.6 Å². The lowest BCUT2D eigenvalue weighted by atomic mass is 10.1. The van der Waals surface area contributed by atoms with Gasteiger partial charge in [0.1, 0.15) is 6.42 Å². The predicted molar refractivity (Wildman–Crippen MR) is 53.3 cm³/mol. The second kappa shape index (κ2) is 5.74. The summed E-state index contributed by atoms with van der Waals surface area (Å²) in [6.07, 6.45) is 2.72. The summed E-state index contributed by atoms with van der Waals surface area (Å²) in [5, 5.41) is 4.46. The molecule has 2 aliphatic rings. The summed E-state index contributed by atoms with van der Waals surface area (Å²) in [7, 11) is 0. The summed E-state index contributed by atoms with van der Waals surface area (Å²) in [5.74, 6) is -0.943. The maximum Gasteiger partial charge on any atom is 0.256 e. The van der Waals surface area contributed by atoms with Gasteiger partial charge in [0, 0.05) is 12.8 Å². The molecule has 4 amide bonds. The highest BCUT2D eigenvalue weighted by atomic mass is 16.2. The molecule has 1 fully saturated rings. The van der Waals surface area contributed by atoms with Gasteiger partial charge in [-0.25, -0.2) is 4.99 Å². The highest BCUT2D eigenvalue weighted by Crippen LogP contribution is 2.00. The van der Waals surface area contributed by atoms with Gasteiger partial charge in [-0.1, -0.05) is 0 Å². The van der Waals surface area contributed by atoms with E-state index in [4.69, 9.17) is 0 Å². The molecule has 0 unspecified atom stereocenters. The van der Waals surface area contributed by atoms with Gasteiger partial charge >= 0.3 is 0 Å². The van der Waals surface area contributed by atoms with E-state index in [1.165, 1.54) is 0 Å². The molecule has 7 heteroatoms. The minimum Gasteiger partial charge on any atom is -0.316 e. The van der Waals surface area contributed by atoms with Gasteiger partial charge in [-0.05, 0) is 6.42 Å². The van der Waals surface area contributed by atoms with Crippen LogP contribution in [0.2, 0.25) is 0 Å². The maximum absolute atomic E-state index is 10.3. The Balaban J connectivity index is 0.000000160. The fourth-order valence-corrected chi connectivity index (χ4v) is 1.10. The lowest BCUT2D eigenvalue weighted by Gasteiger charge is -2.07. The van der Waals surface area contributed by atoms with Gasteiger partial charge in [-0.3, -0.25) is 24.5 Å². The Bertz CT molecular complexity index is 348. The first-order valence-electron chi connectivity index (χ1n) is 4.75. The van der Waals surface area contributed by atoms with Gasteiger partial charge < -0.3 is 5.32 Å². The van der Waals surface area contributed by atoms with Crippen molar-refractivity contribution in [2.45, 2.75) is 25.7 Å². The van der Waals surface area contributed by atoms with E-state index < -0.39 is 0 Å². The van der Waals surface area contributed by atoms with Crippen molar-refractivity contribution in [1.82, 2.24) is 10.6 Å². The summed E-state index contributed by atoms with van der Waals surface area (Å²) in [4.78, 5) is 44.4. The zero-order valence-electron chi connectivity index (χ0n) is 8.49. The quantitative estimate of drug-likeness (QED) is 0.402. The van der Waals surface area contributed by atoms with Crippen LogP contribution in [0.3, 0.4) is 0 Å². The lowest BCUT2D eigenvalue weighted by Crippen LogP contribution is -2.33. The summed E-state index contributed by atoms with van der Waals surface area (Å²) < 4.78 is 0. The second-order valence-electron chi connectivity index (χ2n) is 3.22. The number of piperidine rings is 1. The smallest absolute Gasteiger partial charge is 0.256 e. The van der Waals surface area contributed by atoms with Crippen LogP contribution in [0.25, 0.3) is 0 Å². The summed E-state index contributed by atoms with van der Waals surface area (Å²) >= 11 is 0. The highest BCUT2D eigenvalue weighted by molar-refractivity contribution is 6.07. The third-order valence-electron chi connectivity index (χ3n) is 1.83. The average Bonchev–Trinajstić information content (AvgIpc) is 2.17. The number of rotatable bonds is 0. The van der Waals surface area contributed by atoms with Crippen molar-refractivity contribution in [1.29, 1.82) is 0 Å². The first kappa shape index (κ1) is 12.0. The number of carbonyl (C=O) groups is 4. The molecule has 0 aromatic rings. The molecule has 16 heavy (non-hydrogen) atoms. The van der Waals surface area contributed by atoms with Gasteiger partial charge in [0.15, 0.2) is 0 Å². The molecule has 2 rings (SSSR count). The largest absolute Gasteiger partial charge is 0.316 e. The third-order valence-corrected chi connectivity index (χ3v) is 1.83. The van der Waals surface area contributed by atoms with Crippen LogP contribution in [-0.2, 0) is 19.2 Å². The van der Waals surface area contributed by atoms with Crippen molar-refractivity contribution in [2.24, 2.45) is 4.99 Å². The van der Waals surface area contributed by atoms with Crippen molar-refractivity contribution in [3.8, 4) is 0 Å². The Morgan fingerprint density at radius 3 is 1.94 bits per heavy atom. The van der Waals surface area contributed by atoms with Crippen molar-refractivity contribution >= 4 is 30.0 Å². The molecule has 2 N–H and O–H groups in total. The number of nitrogens with zero attached hydrogens (tertiary/aromatic N) is 1. The number of amides is 4. The zero-order valence-corrected chi connectivity index (χ0v) is 8.49. The number of hydrogen-bond acceptors (Lipinski definition) is 4. The van der Waals surface area contributed by atoms with Crippen molar-refractivity contribution in [3.63, 3.8) is 0 Å². The van der Waals surface area contributed by atoms with E-state index >= 15 is 0 Å². The van der Waals surface area contributed by atoms with Gasteiger partial charge in [0.25, 0.3) is 5.91 Å². The van der Waals surface area contributed by atoms with Gasteiger partial charge in [0.05, 0.1) is 6.34 Å². The summed E-state index contributed by atoms with van der Waals surface area (Å²) in [6, 6.07) is 0. The molecule has 0 atom stereocenters. The summed E-state index contributed by atoms with van der Waals surface area (Å²) in [5.41, 5.74) is 0. The third kappa shape index (κ3) is 4.45. The van der Waals surface area contributed by atoms with Crippen molar-refractivity contribution < 1.29 is 19.2 Å². The monoisotopic (exact) mass is 225 g/mol. The molecule has 0 spiro atoms. The minimum absolute atomic E-state index is 0.115. The fourth-order valence-electron chi connectivity index (χ4n) is 1.10. The first-order chi connectivity index (χ1) is 7.58. The molecule has 0 bridgehead atoms. The first-order valence-corrected chi connectivity index (χ1v) is 4.75. The highest BCUT2D eigenvalue weighted by Gasteiger charge is 2.13. The molecule has 86 valence electrons. The van der Waals surface area contributed by atoms with E-state index in [2.05, 4.69) is 15.6 Å². The summed E-state index contributed by atoms with van der Waals surface area (Å²) in [6.45, 7) is 0. The Kier molecular flexibility index (Phi) is 4.31. The van der Waals surface area contributed by atoms with E-state index in [1.54, 1.807) is 0 Å². The Morgan fingerprint density at radius 2 is 1.62 bits per heavy atom. The Hall–Kier alpha value is -2.05. The molecule has 0 saturated carbocycles. The predicted octanol–water partition coefficient (Wildman–Crippen LogP) is -1.13. The Morgan fingerprint density at radius 1 is 1.00 bits per heavy atom. The van der Waals surface area contributed by atoms with E-state index in [1.807, 2.05) is 0 Å². The molecule has 0 aliphatic carbocycles. The molecule has 2 aliphatic heterocycles. The normalized spacial score (nSPS) is 19.5. The van der Waals surface area contributed by atoms with E-state index in [0.29, 0.717) is 19.3 Å². The number of aliphatic imine (C=N–C) groups is 1. The number of imide groups is 1. The molecular weight excluding hydrogens is 214 g/mol. The van der Waals surface area contributed by atoms with Crippen molar-refractivity contribution in [3.05, 3.63) is 0 Å². The molecule has 0 aromatic carbocycles. The SMILES string of the molecule is O=C1CC(=O)NC=N1.O=C1CCCC(=O)N1. The Labute approximate surface area is 91.3 Å². The van der Waals surface area contributed by atoms with Crippen LogP contribution in [0.5, 0.6) is 0 Å². The number of nitrogens with one attached hydrogen (secondary N) is 2. The maximum atomic E-state index is 10.3. The van der Waals surface area contributed by atoms with Crippen LogP contribution in [0, 0.1) is 0 Å². The van der Waals surface area contributed by atoms with Crippen LogP contribution >= 0.6 is 0 Å². The molecule has 2 heterocycles. The van der Waals surface area contributed by atoms with E-state index in [0.717, 1.165) is 6.34 Å². The zero-order chi connectivity index (χ0) is 12.0. The van der Waals surface area contributed by atoms with E-state index in [9.17, 15) is 19.2 Å². The molecule has 0 aromatic heterocycles. The topological polar surface area (TPSA) is 105 Å². The van der Waals surface area contributed by atoms with Crippen LogP contribution in [-0.4, -0.2) is 30.0 Å². The van der Waals surface area contributed by atoms with Crippen LogP contribution in [0.4, 0.5) is 0 Å². The molecular formula is C9H11N3O4. The standard InChI is InChI=1S/C5H7NO2.C4H4N2O2/c7-4-2-1-3-5(8)6-4;7-3-1-4(8)6-2-5-3/h1-3H2,(H,6,7,8);2H,1H2,(H,5,6,7,8). The van der Waals surface area contributed by atoms with Gasteiger partial charge in [-0.2, -0.15) is 0 Å². The molecule has 7 nitrogen and oxygen atoms in total.